The van der Waals surface area contributed by atoms with Crippen LogP contribution in [0.1, 0.15) is 38.8 Å². The molecule has 9 heteroatoms. The van der Waals surface area contributed by atoms with Gasteiger partial charge in [-0.2, -0.15) is 0 Å². The zero-order valence-electron chi connectivity index (χ0n) is 21.8. The zero-order valence-corrected chi connectivity index (χ0v) is 21.8. The molecule has 1 saturated heterocycles. The summed E-state index contributed by atoms with van der Waals surface area (Å²) in [5.74, 6) is -1.34. The average molecular weight is 512 g/mol. The van der Waals surface area contributed by atoms with Crippen molar-refractivity contribution in [2.45, 2.75) is 65.1 Å². The number of nitrogens with one attached hydrogen (secondary N) is 2. The van der Waals surface area contributed by atoms with Crippen LogP contribution in [0.4, 0.5) is 4.79 Å². The predicted octanol–water partition coefficient (Wildman–Crippen LogP) is 2.82. The van der Waals surface area contributed by atoms with Crippen molar-refractivity contribution in [3.63, 3.8) is 0 Å². The Labute approximate surface area is 218 Å². The second-order valence-corrected chi connectivity index (χ2v) is 9.91. The number of carbonyl (C=O) groups is 3. The fraction of sp³-hybridized carbons (Fsp3) is 0.464. The molecule has 1 fully saturated rings. The molecular formula is C28H37N3O6. The van der Waals surface area contributed by atoms with E-state index in [4.69, 9.17) is 9.47 Å². The van der Waals surface area contributed by atoms with E-state index in [0.717, 1.165) is 11.1 Å². The van der Waals surface area contributed by atoms with Gasteiger partial charge in [0.1, 0.15) is 25.4 Å². The summed E-state index contributed by atoms with van der Waals surface area (Å²) in [5, 5.41) is 15.8. The summed E-state index contributed by atoms with van der Waals surface area (Å²) in [6.07, 6.45) is -1.43. The van der Waals surface area contributed by atoms with Gasteiger partial charge in [-0.1, -0.05) is 88.4 Å². The molecule has 3 N–H and O–H groups in total. The summed E-state index contributed by atoms with van der Waals surface area (Å²) in [6.45, 7) is 7.26. The number of carbonyl (C=O) groups excluding carboxylic acids is 3. The maximum absolute atomic E-state index is 13.6. The van der Waals surface area contributed by atoms with Crippen LogP contribution in [-0.2, 0) is 32.1 Å². The lowest BCUT2D eigenvalue weighted by molar-refractivity contribution is -0.140. The van der Waals surface area contributed by atoms with Crippen LogP contribution in [-0.4, -0.2) is 59.1 Å². The van der Waals surface area contributed by atoms with E-state index in [1.807, 2.05) is 74.5 Å². The molecule has 1 heterocycles. The third-order valence-electron chi connectivity index (χ3n) is 6.35. The highest BCUT2D eigenvalue weighted by atomic mass is 16.6. The first-order valence-electron chi connectivity index (χ1n) is 12.6. The number of ether oxygens (including phenoxy) is 2. The van der Waals surface area contributed by atoms with E-state index in [1.54, 1.807) is 13.8 Å². The molecule has 1 aliphatic rings. The second-order valence-electron chi connectivity index (χ2n) is 9.91. The second kappa shape index (κ2) is 13.2. The smallest absolute Gasteiger partial charge is 0.408 e. The number of benzene rings is 2. The Kier molecular flexibility index (Phi) is 10.0. The van der Waals surface area contributed by atoms with Crippen molar-refractivity contribution >= 4 is 17.9 Å². The Morgan fingerprint density at radius 3 is 2.05 bits per heavy atom. The van der Waals surface area contributed by atoms with Crippen molar-refractivity contribution in [2.75, 3.05) is 6.73 Å². The van der Waals surface area contributed by atoms with Gasteiger partial charge < -0.3 is 30.1 Å². The third-order valence-corrected chi connectivity index (χ3v) is 6.35. The van der Waals surface area contributed by atoms with Gasteiger partial charge in [0.25, 0.3) is 0 Å². The SMILES string of the molecule is CC(C)C(NC(=O)OCc1ccccc1)C(=O)NC(C(=O)N1COC(O)C1Cc1ccccc1)C(C)C. The van der Waals surface area contributed by atoms with Crippen LogP contribution in [0.3, 0.4) is 0 Å². The molecule has 2 aromatic rings. The summed E-state index contributed by atoms with van der Waals surface area (Å²) in [5.41, 5.74) is 1.78. The third kappa shape index (κ3) is 7.77. The Hall–Kier alpha value is -3.43. The molecule has 3 rings (SSSR count). The molecule has 200 valence electrons. The van der Waals surface area contributed by atoms with Gasteiger partial charge in [0.05, 0.1) is 6.04 Å². The number of aliphatic hydroxyl groups is 1. The van der Waals surface area contributed by atoms with Gasteiger partial charge in [-0.15, -0.1) is 0 Å². The molecule has 4 atom stereocenters. The Bertz CT molecular complexity index is 1030. The van der Waals surface area contributed by atoms with E-state index >= 15 is 0 Å². The molecule has 0 aromatic heterocycles. The van der Waals surface area contributed by atoms with Gasteiger partial charge in [-0.3, -0.25) is 9.59 Å². The van der Waals surface area contributed by atoms with Crippen molar-refractivity contribution in [1.29, 1.82) is 0 Å². The number of amides is 3. The maximum atomic E-state index is 13.6. The number of alkyl carbamates (subject to hydrolysis) is 1. The van der Waals surface area contributed by atoms with E-state index < -0.39 is 36.4 Å². The normalized spacial score (nSPS) is 18.9. The molecule has 0 aliphatic carbocycles. The minimum Gasteiger partial charge on any atom is -0.445 e. The summed E-state index contributed by atoms with van der Waals surface area (Å²) in [4.78, 5) is 40.7. The fourth-order valence-electron chi connectivity index (χ4n) is 4.17. The van der Waals surface area contributed by atoms with Gasteiger partial charge in [0.2, 0.25) is 11.8 Å². The first-order chi connectivity index (χ1) is 17.7. The molecule has 2 aromatic carbocycles. The molecule has 3 amide bonds. The average Bonchev–Trinajstić information content (AvgIpc) is 3.24. The number of nitrogens with zero attached hydrogens (tertiary/aromatic N) is 1. The highest BCUT2D eigenvalue weighted by molar-refractivity contribution is 5.91. The van der Waals surface area contributed by atoms with Gasteiger partial charge >= 0.3 is 6.09 Å². The number of hydrogen-bond acceptors (Lipinski definition) is 6. The molecule has 0 radical (unpaired) electrons. The van der Waals surface area contributed by atoms with Crippen LogP contribution in [0.5, 0.6) is 0 Å². The van der Waals surface area contributed by atoms with Crippen molar-refractivity contribution in [2.24, 2.45) is 11.8 Å². The largest absolute Gasteiger partial charge is 0.445 e. The lowest BCUT2D eigenvalue weighted by atomic mass is 9.98. The monoisotopic (exact) mass is 511 g/mol. The molecule has 0 spiro atoms. The minimum atomic E-state index is -1.13. The molecule has 0 saturated carbocycles. The Morgan fingerprint density at radius 1 is 0.919 bits per heavy atom. The van der Waals surface area contributed by atoms with Crippen LogP contribution in [0, 0.1) is 11.8 Å². The van der Waals surface area contributed by atoms with Crippen LogP contribution in [0.25, 0.3) is 0 Å². The van der Waals surface area contributed by atoms with Crippen LogP contribution >= 0.6 is 0 Å². The highest BCUT2D eigenvalue weighted by Gasteiger charge is 2.41. The molecule has 37 heavy (non-hydrogen) atoms. The van der Waals surface area contributed by atoms with Crippen molar-refractivity contribution in [3.8, 4) is 0 Å². The van der Waals surface area contributed by atoms with E-state index in [-0.39, 0.29) is 31.1 Å². The van der Waals surface area contributed by atoms with Crippen LogP contribution in [0.15, 0.2) is 60.7 Å². The van der Waals surface area contributed by atoms with E-state index in [1.165, 1.54) is 4.90 Å². The lowest BCUT2D eigenvalue weighted by Gasteiger charge is -2.31. The van der Waals surface area contributed by atoms with Gasteiger partial charge in [-0.05, 0) is 29.4 Å². The summed E-state index contributed by atoms with van der Waals surface area (Å²) < 4.78 is 10.7. The van der Waals surface area contributed by atoms with Crippen molar-refractivity contribution < 1.29 is 29.0 Å². The quantitative estimate of drug-likeness (QED) is 0.452. The van der Waals surface area contributed by atoms with Gasteiger partial charge in [-0.25, -0.2) is 4.79 Å². The van der Waals surface area contributed by atoms with Gasteiger partial charge in [0.15, 0.2) is 6.29 Å². The molecular weight excluding hydrogens is 474 g/mol. The maximum Gasteiger partial charge on any atom is 0.408 e. The zero-order chi connectivity index (χ0) is 26.9. The first kappa shape index (κ1) is 28.1. The molecule has 0 bridgehead atoms. The van der Waals surface area contributed by atoms with E-state index in [0.29, 0.717) is 6.42 Å². The van der Waals surface area contributed by atoms with Gasteiger partial charge in [0, 0.05) is 0 Å². The lowest BCUT2D eigenvalue weighted by Crippen LogP contribution is -2.58. The first-order valence-corrected chi connectivity index (χ1v) is 12.6. The fourth-order valence-corrected chi connectivity index (χ4v) is 4.17. The summed E-state index contributed by atoms with van der Waals surface area (Å²) >= 11 is 0. The highest BCUT2D eigenvalue weighted by Crippen LogP contribution is 2.22. The molecule has 1 aliphatic heterocycles. The minimum absolute atomic E-state index is 0.0751. The van der Waals surface area contributed by atoms with Crippen LogP contribution in [0.2, 0.25) is 0 Å². The topological polar surface area (TPSA) is 117 Å². The number of aliphatic hydroxyl groups excluding tert-OH is 1. The summed E-state index contributed by atoms with van der Waals surface area (Å²) in [6, 6.07) is 16.4. The Balaban J connectivity index is 1.65. The standard InChI is InChI=1S/C28H37N3O6/c1-18(2)23(30-28(35)36-16-21-13-9-6-10-14-21)25(32)29-24(19(3)4)26(33)31-17-37-27(34)22(31)15-20-11-7-5-8-12-20/h5-14,18-19,22-24,27,34H,15-17H2,1-4H3,(H,29,32)(H,30,35). The van der Waals surface area contributed by atoms with Crippen molar-refractivity contribution in [3.05, 3.63) is 71.8 Å². The number of hydrogen-bond donors (Lipinski definition) is 3. The van der Waals surface area contributed by atoms with Crippen molar-refractivity contribution in [1.82, 2.24) is 15.5 Å². The predicted molar refractivity (Wildman–Crippen MR) is 138 cm³/mol. The van der Waals surface area contributed by atoms with E-state index in [2.05, 4.69) is 10.6 Å². The Morgan fingerprint density at radius 2 is 1.49 bits per heavy atom. The van der Waals surface area contributed by atoms with Crippen LogP contribution < -0.4 is 10.6 Å². The van der Waals surface area contributed by atoms with E-state index in [9.17, 15) is 19.5 Å². The summed E-state index contributed by atoms with van der Waals surface area (Å²) in [7, 11) is 0. The molecule has 4 unspecified atom stereocenters. The number of rotatable bonds is 10. The molecule has 9 nitrogen and oxygen atoms in total.